The second-order valence-electron chi connectivity index (χ2n) is 6.20. The highest BCUT2D eigenvalue weighted by molar-refractivity contribution is 8.27. The molecule has 0 unspecified atom stereocenters. The summed E-state index contributed by atoms with van der Waals surface area (Å²) in [6.07, 6.45) is 2.85. The number of carbonyl (C=O) groups is 1. The van der Waals surface area contributed by atoms with Gasteiger partial charge in [-0.2, -0.15) is 0 Å². The minimum absolute atomic E-state index is 0.0745. The Morgan fingerprint density at radius 2 is 1.85 bits per heavy atom. The molecule has 3 rings (SSSR count). The average Bonchev–Trinajstić information content (AvgIpc) is 2.90. The van der Waals surface area contributed by atoms with Crippen molar-refractivity contribution in [2.75, 3.05) is 11.5 Å². The van der Waals surface area contributed by atoms with Crippen LogP contribution in [0.3, 0.4) is 0 Å². The van der Waals surface area contributed by atoms with Crippen molar-refractivity contribution in [2.24, 2.45) is 0 Å². The third kappa shape index (κ3) is 4.00. The summed E-state index contributed by atoms with van der Waals surface area (Å²) in [5, 5.41) is 0. The van der Waals surface area contributed by atoms with Crippen LogP contribution in [0.4, 0.5) is 5.69 Å². The van der Waals surface area contributed by atoms with Gasteiger partial charge in [-0.05, 0) is 67.3 Å². The fourth-order valence-corrected chi connectivity index (χ4v) is 3.89. The third-order valence-electron chi connectivity index (χ3n) is 4.19. The number of hydrogen-bond donors (Lipinski definition) is 0. The fourth-order valence-electron chi connectivity index (χ4n) is 2.59. The van der Waals surface area contributed by atoms with Crippen molar-refractivity contribution in [1.82, 2.24) is 0 Å². The lowest BCUT2D eigenvalue weighted by molar-refractivity contribution is -0.113. The largest absolute Gasteiger partial charge is 0.494 e. The number of carbonyl (C=O) groups excluding carboxylic acids is 1. The molecule has 1 fully saturated rings. The van der Waals surface area contributed by atoms with E-state index in [1.54, 1.807) is 4.90 Å². The molecule has 0 aromatic heterocycles. The van der Waals surface area contributed by atoms with Gasteiger partial charge in [-0.25, -0.2) is 0 Å². The molecule has 0 bridgehead atoms. The minimum atomic E-state index is -0.0745. The highest BCUT2D eigenvalue weighted by Gasteiger charge is 2.33. The minimum Gasteiger partial charge on any atom is -0.494 e. The van der Waals surface area contributed by atoms with Gasteiger partial charge >= 0.3 is 0 Å². The lowest BCUT2D eigenvalue weighted by Crippen LogP contribution is -2.27. The molecule has 0 aliphatic carbocycles. The van der Waals surface area contributed by atoms with Gasteiger partial charge in [-0.15, -0.1) is 0 Å². The van der Waals surface area contributed by atoms with E-state index in [0.29, 0.717) is 15.8 Å². The second-order valence-corrected chi connectivity index (χ2v) is 7.88. The summed E-state index contributed by atoms with van der Waals surface area (Å²) in [5.74, 6) is 0.765. The Bertz CT molecular complexity index is 872. The van der Waals surface area contributed by atoms with Crippen LogP contribution in [-0.2, 0) is 4.79 Å². The van der Waals surface area contributed by atoms with Gasteiger partial charge in [-0.3, -0.25) is 9.69 Å². The van der Waals surface area contributed by atoms with E-state index in [-0.39, 0.29) is 5.91 Å². The number of ether oxygens (including phenoxy) is 1. The predicted molar refractivity (Wildman–Crippen MR) is 114 cm³/mol. The van der Waals surface area contributed by atoms with Crippen molar-refractivity contribution in [1.29, 1.82) is 0 Å². The van der Waals surface area contributed by atoms with Crippen LogP contribution in [0, 0.1) is 13.8 Å². The molecule has 134 valence electrons. The third-order valence-corrected chi connectivity index (χ3v) is 5.50. The normalized spacial score (nSPS) is 15.8. The van der Waals surface area contributed by atoms with E-state index < -0.39 is 0 Å². The van der Waals surface area contributed by atoms with Crippen molar-refractivity contribution in [2.45, 2.75) is 27.2 Å². The van der Waals surface area contributed by atoms with Gasteiger partial charge in [0.05, 0.1) is 17.2 Å². The van der Waals surface area contributed by atoms with E-state index in [2.05, 4.69) is 13.8 Å². The van der Waals surface area contributed by atoms with Gasteiger partial charge in [0.15, 0.2) is 4.32 Å². The molecule has 1 aliphatic heterocycles. The zero-order valence-electron chi connectivity index (χ0n) is 15.1. The number of anilines is 1. The van der Waals surface area contributed by atoms with Crippen LogP contribution in [0.15, 0.2) is 47.4 Å². The van der Waals surface area contributed by atoms with E-state index in [1.807, 2.05) is 55.5 Å². The van der Waals surface area contributed by atoms with Crippen LogP contribution in [-0.4, -0.2) is 16.8 Å². The number of rotatable bonds is 5. The first kappa shape index (κ1) is 18.7. The number of thioether (sulfide) groups is 1. The molecule has 2 aromatic rings. The Balaban J connectivity index is 1.81. The summed E-state index contributed by atoms with van der Waals surface area (Å²) < 4.78 is 6.15. The maximum Gasteiger partial charge on any atom is 0.270 e. The van der Waals surface area contributed by atoms with Gasteiger partial charge in [-0.1, -0.05) is 49.1 Å². The maximum absolute atomic E-state index is 12.8. The topological polar surface area (TPSA) is 29.5 Å². The molecule has 0 atom stereocenters. The van der Waals surface area contributed by atoms with Crippen molar-refractivity contribution >= 4 is 46.0 Å². The van der Waals surface area contributed by atoms with E-state index >= 15 is 0 Å². The summed E-state index contributed by atoms with van der Waals surface area (Å²) in [7, 11) is 0. The van der Waals surface area contributed by atoms with Crippen molar-refractivity contribution in [3.05, 3.63) is 64.1 Å². The molecule has 0 spiro atoms. The summed E-state index contributed by atoms with van der Waals surface area (Å²) in [4.78, 5) is 15.1. The predicted octanol–water partition coefficient (Wildman–Crippen LogP) is 5.50. The Morgan fingerprint density at radius 3 is 2.50 bits per heavy atom. The molecule has 2 aromatic carbocycles. The van der Waals surface area contributed by atoms with Crippen LogP contribution < -0.4 is 9.64 Å². The molecule has 0 N–H and O–H groups in total. The number of benzene rings is 2. The first-order valence-corrected chi connectivity index (χ1v) is 9.80. The van der Waals surface area contributed by atoms with Crippen LogP contribution in [0.5, 0.6) is 5.75 Å². The van der Waals surface area contributed by atoms with Gasteiger partial charge in [0.25, 0.3) is 5.91 Å². The zero-order chi connectivity index (χ0) is 18.7. The molecule has 1 amide bonds. The second kappa shape index (κ2) is 8.06. The molecule has 1 saturated heterocycles. The SMILES string of the molecule is CCCOc1ccc(C=C2SC(=S)N(c3ccc(C)c(C)c3)C2=O)cc1. The number of hydrogen-bond acceptors (Lipinski definition) is 4. The first-order chi connectivity index (χ1) is 12.5. The number of thiocarbonyl (C=S) groups is 1. The van der Waals surface area contributed by atoms with Crippen LogP contribution >= 0.6 is 24.0 Å². The van der Waals surface area contributed by atoms with E-state index in [1.165, 1.54) is 17.3 Å². The van der Waals surface area contributed by atoms with Crippen molar-refractivity contribution < 1.29 is 9.53 Å². The summed E-state index contributed by atoms with van der Waals surface area (Å²) >= 11 is 6.78. The Labute approximate surface area is 164 Å². The van der Waals surface area contributed by atoms with Gasteiger partial charge in [0, 0.05) is 0 Å². The smallest absolute Gasteiger partial charge is 0.270 e. The highest BCUT2D eigenvalue weighted by atomic mass is 32.2. The summed E-state index contributed by atoms with van der Waals surface area (Å²) in [6.45, 7) is 6.87. The molecular weight excluding hydrogens is 362 g/mol. The fraction of sp³-hybridized carbons (Fsp3) is 0.238. The van der Waals surface area contributed by atoms with Crippen LogP contribution in [0.2, 0.25) is 0 Å². The number of amides is 1. The van der Waals surface area contributed by atoms with Gasteiger partial charge in [0.1, 0.15) is 5.75 Å². The molecule has 1 aliphatic rings. The first-order valence-electron chi connectivity index (χ1n) is 8.57. The quantitative estimate of drug-likeness (QED) is 0.504. The molecular formula is C21H21NO2S2. The highest BCUT2D eigenvalue weighted by Crippen LogP contribution is 2.36. The summed E-state index contributed by atoms with van der Waals surface area (Å²) in [6, 6.07) is 13.7. The van der Waals surface area contributed by atoms with Crippen molar-refractivity contribution in [3.63, 3.8) is 0 Å². The Kier molecular flexibility index (Phi) is 5.79. The number of aryl methyl sites for hydroxylation is 2. The lowest BCUT2D eigenvalue weighted by atomic mass is 10.1. The van der Waals surface area contributed by atoms with E-state index in [4.69, 9.17) is 17.0 Å². The van der Waals surface area contributed by atoms with E-state index in [9.17, 15) is 4.79 Å². The summed E-state index contributed by atoms with van der Waals surface area (Å²) in [5.41, 5.74) is 4.11. The monoisotopic (exact) mass is 383 g/mol. The molecule has 5 heteroatoms. The van der Waals surface area contributed by atoms with Gasteiger partial charge in [0.2, 0.25) is 0 Å². The zero-order valence-corrected chi connectivity index (χ0v) is 16.7. The molecule has 3 nitrogen and oxygen atoms in total. The lowest BCUT2D eigenvalue weighted by Gasteiger charge is -2.15. The molecule has 0 radical (unpaired) electrons. The number of nitrogens with zero attached hydrogens (tertiary/aromatic N) is 1. The molecule has 0 saturated carbocycles. The average molecular weight is 384 g/mol. The molecule has 26 heavy (non-hydrogen) atoms. The van der Waals surface area contributed by atoms with Crippen molar-refractivity contribution in [3.8, 4) is 5.75 Å². The van der Waals surface area contributed by atoms with E-state index in [0.717, 1.165) is 29.0 Å². The molecule has 1 heterocycles. The van der Waals surface area contributed by atoms with Gasteiger partial charge < -0.3 is 4.74 Å². The van der Waals surface area contributed by atoms with Crippen LogP contribution in [0.1, 0.15) is 30.0 Å². The van der Waals surface area contributed by atoms with Crippen LogP contribution in [0.25, 0.3) is 6.08 Å². The Morgan fingerprint density at radius 1 is 1.12 bits per heavy atom. The standard InChI is InChI=1S/C21H21NO2S2/c1-4-11-24-18-9-6-16(7-10-18)13-19-20(23)22(21(25)26-19)17-8-5-14(2)15(3)12-17/h5-10,12-13H,4,11H2,1-3H3. The Hall–Kier alpha value is -2.11. The maximum atomic E-state index is 12.8.